The minimum atomic E-state index is -0.343. The molecule has 122 valence electrons. The third-order valence-electron chi connectivity index (χ3n) is 3.21. The Hall–Kier alpha value is -3.29. The summed E-state index contributed by atoms with van der Waals surface area (Å²) in [6, 6.07) is 12.7. The van der Waals surface area contributed by atoms with Gasteiger partial charge in [0, 0.05) is 11.3 Å². The Morgan fingerprint density at radius 2 is 1.88 bits per heavy atom. The second-order valence-electron chi connectivity index (χ2n) is 4.93. The zero-order chi connectivity index (χ0) is 16.9. The molecule has 7 nitrogen and oxygen atoms in total. The summed E-state index contributed by atoms with van der Waals surface area (Å²) in [6.07, 6.45) is 0. The standard InChI is InChI=1S/C16H14FN5O2/c1-24-14-8-6-13(7-9-14)18-15(23)10-22-20-16(19-21-22)11-2-4-12(17)5-3-11/h2-9H,10H2,1H3,(H,18,23). The summed E-state index contributed by atoms with van der Waals surface area (Å²) in [5, 5.41) is 14.5. The average Bonchev–Trinajstić information content (AvgIpc) is 3.04. The van der Waals surface area contributed by atoms with Crippen molar-refractivity contribution in [2.75, 3.05) is 12.4 Å². The molecule has 0 saturated carbocycles. The molecule has 24 heavy (non-hydrogen) atoms. The molecule has 0 aliphatic rings. The first kappa shape index (κ1) is 15.6. The Labute approximate surface area is 137 Å². The number of rotatable bonds is 5. The van der Waals surface area contributed by atoms with Crippen molar-refractivity contribution < 1.29 is 13.9 Å². The lowest BCUT2D eigenvalue weighted by Crippen LogP contribution is -2.20. The second kappa shape index (κ2) is 6.86. The van der Waals surface area contributed by atoms with E-state index in [0.29, 0.717) is 22.8 Å². The van der Waals surface area contributed by atoms with Crippen molar-refractivity contribution >= 4 is 11.6 Å². The number of hydrogen-bond acceptors (Lipinski definition) is 5. The maximum absolute atomic E-state index is 12.9. The number of halogens is 1. The average molecular weight is 327 g/mol. The van der Waals surface area contributed by atoms with Crippen molar-refractivity contribution in [3.8, 4) is 17.1 Å². The monoisotopic (exact) mass is 327 g/mol. The number of carbonyl (C=O) groups is 1. The number of methoxy groups -OCH3 is 1. The Balaban J connectivity index is 1.63. The molecule has 0 saturated heterocycles. The fourth-order valence-electron chi connectivity index (χ4n) is 2.03. The van der Waals surface area contributed by atoms with Crippen molar-refractivity contribution in [1.29, 1.82) is 0 Å². The number of nitrogens with zero attached hydrogens (tertiary/aromatic N) is 4. The summed E-state index contributed by atoms with van der Waals surface area (Å²) in [6.45, 7) is -0.0831. The van der Waals surface area contributed by atoms with E-state index in [1.54, 1.807) is 43.5 Å². The van der Waals surface area contributed by atoms with Gasteiger partial charge in [0.25, 0.3) is 0 Å². The number of aromatic nitrogens is 4. The van der Waals surface area contributed by atoms with Crippen molar-refractivity contribution in [1.82, 2.24) is 20.2 Å². The van der Waals surface area contributed by atoms with Crippen LogP contribution < -0.4 is 10.1 Å². The second-order valence-corrected chi connectivity index (χ2v) is 4.93. The van der Waals surface area contributed by atoms with Crippen LogP contribution in [-0.4, -0.2) is 33.2 Å². The first-order valence-corrected chi connectivity index (χ1v) is 7.12. The van der Waals surface area contributed by atoms with E-state index < -0.39 is 0 Å². The van der Waals surface area contributed by atoms with Gasteiger partial charge in [0.1, 0.15) is 18.1 Å². The van der Waals surface area contributed by atoms with E-state index >= 15 is 0 Å². The predicted octanol–water partition coefficient (Wildman–Crippen LogP) is 2.13. The van der Waals surface area contributed by atoms with E-state index in [1.807, 2.05) is 0 Å². The molecule has 0 spiro atoms. The smallest absolute Gasteiger partial charge is 0.248 e. The zero-order valence-electron chi connectivity index (χ0n) is 12.8. The number of ether oxygens (including phenoxy) is 1. The van der Waals surface area contributed by atoms with Crippen LogP contribution in [0.25, 0.3) is 11.4 Å². The molecule has 0 fully saturated rings. The number of hydrogen-bond donors (Lipinski definition) is 1. The van der Waals surface area contributed by atoms with Gasteiger partial charge in [0.15, 0.2) is 0 Å². The molecule has 0 aliphatic heterocycles. The van der Waals surface area contributed by atoms with E-state index in [4.69, 9.17) is 4.74 Å². The van der Waals surface area contributed by atoms with Crippen LogP contribution in [0.1, 0.15) is 0 Å². The highest BCUT2D eigenvalue weighted by molar-refractivity contribution is 5.90. The van der Waals surface area contributed by atoms with E-state index in [0.717, 1.165) is 0 Å². The third kappa shape index (κ3) is 3.72. The van der Waals surface area contributed by atoms with Gasteiger partial charge in [-0.1, -0.05) is 0 Å². The number of tetrazole rings is 1. The minimum Gasteiger partial charge on any atom is -0.497 e. The van der Waals surface area contributed by atoms with Crippen molar-refractivity contribution in [3.63, 3.8) is 0 Å². The van der Waals surface area contributed by atoms with Crippen LogP contribution >= 0.6 is 0 Å². The Morgan fingerprint density at radius 1 is 1.17 bits per heavy atom. The zero-order valence-corrected chi connectivity index (χ0v) is 12.8. The summed E-state index contributed by atoms with van der Waals surface area (Å²) in [5.74, 6) is 0.398. The summed E-state index contributed by atoms with van der Waals surface area (Å²) in [5.41, 5.74) is 1.26. The lowest BCUT2D eigenvalue weighted by atomic mass is 10.2. The van der Waals surface area contributed by atoms with Crippen LogP contribution in [0.2, 0.25) is 0 Å². The third-order valence-corrected chi connectivity index (χ3v) is 3.21. The lowest BCUT2D eigenvalue weighted by molar-refractivity contribution is -0.117. The number of nitrogens with one attached hydrogen (secondary N) is 1. The van der Waals surface area contributed by atoms with Gasteiger partial charge in [-0.25, -0.2) is 4.39 Å². The molecule has 3 aromatic rings. The summed E-state index contributed by atoms with van der Waals surface area (Å²) in [4.78, 5) is 13.2. The van der Waals surface area contributed by atoms with Gasteiger partial charge < -0.3 is 10.1 Å². The quantitative estimate of drug-likeness (QED) is 0.776. The molecule has 0 radical (unpaired) electrons. The van der Waals surface area contributed by atoms with Crippen molar-refractivity contribution in [2.45, 2.75) is 6.54 Å². The molecule has 3 rings (SSSR count). The minimum absolute atomic E-state index is 0.0831. The van der Waals surface area contributed by atoms with Crippen LogP contribution in [0.3, 0.4) is 0 Å². The number of anilines is 1. The molecule has 1 heterocycles. The summed E-state index contributed by atoms with van der Waals surface area (Å²) in [7, 11) is 1.57. The van der Waals surface area contributed by atoms with E-state index in [1.165, 1.54) is 16.9 Å². The maximum atomic E-state index is 12.9. The topological polar surface area (TPSA) is 81.9 Å². The molecule has 8 heteroatoms. The van der Waals surface area contributed by atoms with E-state index in [-0.39, 0.29) is 18.3 Å². The molecule has 1 amide bonds. The van der Waals surface area contributed by atoms with Gasteiger partial charge in [0.2, 0.25) is 11.7 Å². The lowest BCUT2D eigenvalue weighted by Gasteiger charge is -2.05. The van der Waals surface area contributed by atoms with Gasteiger partial charge in [-0.15, -0.1) is 10.2 Å². The highest BCUT2D eigenvalue weighted by Gasteiger charge is 2.10. The van der Waals surface area contributed by atoms with E-state index in [9.17, 15) is 9.18 Å². The van der Waals surface area contributed by atoms with Crippen LogP contribution in [0.5, 0.6) is 5.75 Å². The van der Waals surface area contributed by atoms with Crippen molar-refractivity contribution in [2.24, 2.45) is 0 Å². The highest BCUT2D eigenvalue weighted by Crippen LogP contribution is 2.15. The molecule has 1 aromatic heterocycles. The Bertz CT molecular complexity index is 830. The number of amides is 1. The molecule has 0 atom stereocenters. The molecule has 2 aromatic carbocycles. The first-order chi connectivity index (χ1) is 11.6. The van der Waals surface area contributed by atoms with Crippen LogP contribution in [0.4, 0.5) is 10.1 Å². The predicted molar refractivity (Wildman–Crippen MR) is 84.8 cm³/mol. The molecule has 0 unspecified atom stereocenters. The van der Waals surface area contributed by atoms with Gasteiger partial charge in [-0.05, 0) is 53.7 Å². The largest absolute Gasteiger partial charge is 0.497 e. The first-order valence-electron chi connectivity index (χ1n) is 7.12. The molecule has 0 bridgehead atoms. The molecular formula is C16H14FN5O2. The fraction of sp³-hybridized carbons (Fsp3) is 0.125. The van der Waals surface area contributed by atoms with Gasteiger partial charge in [0.05, 0.1) is 7.11 Å². The van der Waals surface area contributed by atoms with Crippen molar-refractivity contribution in [3.05, 3.63) is 54.3 Å². The van der Waals surface area contributed by atoms with Gasteiger partial charge >= 0.3 is 0 Å². The summed E-state index contributed by atoms with van der Waals surface area (Å²) < 4.78 is 18.0. The SMILES string of the molecule is COc1ccc(NC(=O)Cn2nnc(-c3ccc(F)cc3)n2)cc1. The normalized spacial score (nSPS) is 10.4. The number of carbonyl (C=O) groups excluding carboxylic acids is 1. The number of benzene rings is 2. The highest BCUT2D eigenvalue weighted by atomic mass is 19.1. The maximum Gasteiger partial charge on any atom is 0.248 e. The fourth-order valence-corrected chi connectivity index (χ4v) is 2.03. The van der Waals surface area contributed by atoms with Gasteiger partial charge in [-0.3, -0.25) is 4.79 Å². The Morgan fingerprint density at radius 3 is 2.54 bits per heavy atom. The molecular weight excluding hydrogens is 313 g/mol. The van der Waals surface area contributed by atoms with Crippen LogP contribution in [0, 0.1) is 5.82 Å². The van der Waals surface area contributed by atoms with Gasteiger partial charge in [-0.2, -0.15) is 4.80 Å². The van der Waals surface area contributed by atoms with E-state index in [2.05, 4.69) is 20.7 Å². The molecule has 0 aliphatic carbocycles. The van der Waals surface area contributed by atoms with Crippen LogP contribution in [0.15, 0.2) is 48.5 Å². The summed E-state index contributed by atoms with van der Waals surface area (Å²) >= 11 is 0. The Kier molecular flexibility index (Phi) is 4.46. The van der Waals surface area contributed by atoms with Crippen LogP contribution in [-0.2, 0) is 11.3 Å². The molecule has 1 N–H and O–H groups in total.